The molecule has 730 valence electrons. The summed E-state index contributed by atoms with van der Waals surface area (Å²) in [6, 6.07) is 47.2. The van der Waals surface area contributed by atoms with Crippen LogP contribution in [0.1, 0.15) is 225 Å². The molecular weight excluding hydrogens is 1810 g/mol. The van der Waals surface area contributed by atoms with E-state index < -0.39 is 57.1 Å². The van der Waals surface area contributed by atoms with Crippen LogP contribution in [0.5, 0.6) is 5.75 Å². The average Bonchev–Trinajstić information content (AvgIpc) is 1.17. The van der Waals surface area contributed by atoms with Gasteiger partial charge in [0, 0.05) is 95.8 Å². The number of alkyl halides is 8. The Kier molecular flexibility index (Phi) is 33.5. The fourth-order valence-corrected chi connectivity index (χ4v) is 19.3. The van der Waals surface area contributed by atoms with E-state index in [2.05, 4.69) is 80.8 Å². The lowest BCUT2D eigenvalue weighted by Crippen LogP contribution is -2.40. The summed E-state index contributed by atoms with van der Waals surface area (Å²) < 4.78 is 205. The molecule has 0 amide bonds. The minimum Gasteiger partial charge on any atom is -0.481 e. The number of morpholine rings is 1. The minimum absolute atomic E-state index is 0.00611. The molecule has 0 radical (unpaired) electrons. The summed E-state index contributed by atoms with van der Waals surface area (Å²) in [4.78, 5) is 56.2. The number of aliphatic carboxylic acids is 1. The lowest BCUT2D eigenvalue weighted by Gasteiger charge is -2.37. The van der Waals surface area contributed by atoms with E-state index >= 15 is 17.6 Å². The Hall–Kier alpha value is -12.4. The van der Waals surface area contributed by atoms with Crippen LogP contribution < -0.4 is 24.3 Å². The van der Waals surface area contributed by atoms with Crippen LogP contribution in [-0.2, 0) is 101 Å². The number of halogens is 12. The van der Waals surface area contributed by atoms with Gasteiger partial charge >= 0.3 is 12.1 Å². The molecule has 4 aliphatic heterocycles. The van der Waals surface area contributed by atoms with E-state index in [-0.39, 0.29) is 94.4 Å². The molecule has 138 heavy (non-hydrogen) atoms. The van der Waals surface area contributed by atoms with E-state index in [1.807, 2.05) is 49.7 Å². The molecule has 17 rings (SSSR count). The number of nitrogens with zero attached hydrogens (tertiary/aromatic N) is 14. The number of benzene rings is 7. The number of rotatable bonds is 31. The third kappa shape index (κ3) is 27.6. The summed E-state index contributed by atoms with van der Waals surface area (Å²) in [5.74, 6) is -8.78. The van der Waals surface area contributed by atoms with Crippen molar-refractivity contribution in [2.45, 2.75) is 217 Å². The van der Waals surface area contributed by atoms with E-state index in [4.69, 9.17) is 9.84 Å². The Balaban J connectivity index is 0.000000147. The van der Waals surface area contributed by atoms with Crippen LogP contribution in [0.3, 0.4) is 0 Å². The van der Waals surface area contributed by atoms with Crippen molar-refractivity contribution in [2.24, 2.45) is 11.8 Å². The van der Waals surface area contributed by atoms with Crippen LogP contribution >= 0.6 is 0 Å². The highest BCUT2D eigenvalue weighted by molar-refractivity contribution is 7.89. The van der Waals surface area contributed by atoms with Crippen molar-refractivity contribution < 1.29 is 80.5 Å². The Morgan fingerprint density at radius 3 is 1.13 bits per heavy atom. The smallest absolute Gasteiger partial charge is 0.394 e. The Bertz CT molecular complexity index is 6100. The quantitative estimate of drug-likeness (QED) is 0.0399. The van der Waals surface area contributed by atoms with Crippen molar-refractivity contribution >= 4 is 39.1 Å². The van der Waals surface area contributed by atoms with Crippen molar-refractivity contribution in [1.82, 2.24) is 49.4 Å². The predicted octanol–water partition coefficient (Wildman–Crippen LogP) is 22.9. The second kappa shape index (κ2) is 45.5. The number of aromatic nitrogens is 10. The first kappa shape index (κ1) is 102. The fraction of sp³-hybridized carbons (Fsp3) is 0.410. The van der Waals surface area contributed by atoms with Crippen LogP contribution in [0.25, 0.3) is 0 Å². The van der Waals surface area contributed by atoms with Crippen molar-refractivity contribution in [3.05, 3.63) is 332 Å². The van der Waals surface area contributed by atoms with Crippen LogP contribution in [0.4, 0.5) is 76.0 Å². The number of sulfone groups is 1. The van der Waals surface area contributed by atoms with Gasteiger partial charge in [0.25, 0.3) is 17.8 Å². The van der Waals surface area contributed by atoms with Crippen molar-refractivity contribution in [2.75, 3.05) is 65.2 Å². The number of hydrogen-bond donors (Lipinski definition) is 1. The Morgan fingerprint density at radius 1 is 0.428 bits per heavy atom. The van der Waals surface area contributed by atoms with Gasteiger partial charge in [0.1, 0.15) is 31.1 Å². The molecule has 33 heteroatoms. The van der Waals surface area contributed by atoms with E-state index in [0.29, 0.717) is 125 Å². The van der Waals surface area contributed by atoms with Gasteiger partial charge < -0.3 is 38.7 Å². The number of carboxylic acids is 1. The summed E-state index contributed by atoms with van der Waals surface area (Å²) in [6.45, 7) is 9.42. The number of ether oxygens (including phenoxy) is 2. The van der Waals surface area contributed by atoms with Gasteiger partial charge in [-0.2, -0.15) is 8.78 Å². The number of carboxylic acid groups (broad SMARTS) is 1. The monoisotopic (exact) mass is 1930 g/mol. The number of imidazole rings is 1. The molecule has 0 bridgehead atoms. The number of anilines is 4. The molecule has 5 aromatic heterocycles. The molecule has 4 saturated heterocycles. The van der Waals surface area contributed by atoms with Crippen molar-refractivity contribution in [3.63, 3.8) is 0 Å². The number of aryl methyl sites for hydroxylation is 7. The second-order valence-electron chi connectivity index (χ2n) is 36.7. The highest BCUT2D eigenvalue weighted by atomic mass is 32.2. The molecule has 1 N–H and O–H groups in total. The van der Waals surface area contributed by atoms with Crippen molar-refractivity contribution in [1.29, 1.82) is 0 Å². The lowest BCUT2D eigenvalue weighted by atomic mass is 9.80. The normalized spacial score (nSPS) is 18.1. The summed E-state index contributed by atoms with van der Waals surface area (Å²) >= 11 is 0. The topological polar surface area (TPSA) is 224 Å². The highest BCUT2D eigenvalue weighted by Gasteiger charge is 2.38. The molecule has 1 aliphatic carbocycles. The summed E-state index contributed by atoms with van der Waals surface area (Å²) in [6.07, 6.45) is 23.4. The molecule has 1 saturated carbocycles. The second-order valence-corrected chi connectivity index (χ2v) is 38.8. The van der Waals surface area contributed by atoms with E-state index in [1.165, 1.54) is 111 Å². The zero-order chi connectivity index (χ0) is 98.1. The third-order valence-corrected chi connectivity index (χ3v) is 26.8. The maximum absolute atomic E-state index is 15.5. The SMILES string of the molecule is CC(F)(F)Oc1ccc(C2COCCN2c2ncnc(CCc3ccc(CC(=O)O)cc3)c2F)cc1.CC(F)(F)c1ccc(C2CCCN2c2ncnc(CCc3ccc(CS(C)(=O)=O)cc3)c2F)cc1.CC(F)(F)c1ccc(C2CCCN2c2ncnc(CCc3ccc(Cn4ccnc4)cc3)c2F)cc1.CC1CCC(CCc2ncnc(N3CCCC3c3ccc(C(C)(F)F)cc3)c2F)CC1. The standard InChI is InChI=1S/C28H28F3N5.C26H26F3N3O4.C26H28F3N3O2S.C25H32F3N3/c1-28(30,31)23-11-9-22(10-12-23)25-3-2-15-36(25)27-26(29)24(33-18-34-27)13-8-20-4-6-21(7-5-20)17-35-16-14-32-19-35;1-26(28,29)36-20-9-7-19(8-10-20)22-15-35-13-12-32(22)25-24(27)21(30-16-31-25)11-6-17-2-4-18(5-3-17)14-23(33)34;1-26(28,29)21-12-10-20(11-13-21)23-4-3-15-32(23)25-24(27)22(30-17-31-25)14-9-18-5-7-19(8-6-18)16-35(2,33)34;1-17-5-7-18(8-6-17)9-14-21-23(26)24(30-16-29-21)31-15-3-4-22(31)19-10-12-20(13-11-19)25(2,27)28/h4-7,9-12,14,16,18-19,25H,2-3,8,13,15,17H2,1H3;2-5,7-10,16,22H,6,11-15H2,1H3,(H,33,34);5-8,10-13,17,23H,3-4,9,14-16H2,1-2H3;10-13,16-18,22H,3-9,14-15H2,1-2H3. The van der Waals surface area contributed by atoms with Gasteiger partial charge in [-0.1, -0.05) is 190 Å². The fourth-order valence-electron chi connectivity index (χ4n) is 18.5. The first-order valence-electron chi connectivity index (χ1n) is 46.7. The highest BCUT2D eigenvalue weighted by Crippen LogP contribution is 2.44. The van der Waals surface area contributed by atoms with Crippen LogP contribution in [-0.4, -0.2) is 121 Å². The minimum atomic E-state index is -3.29. The maximum atomic E-state index is 15.5. The molecule has 0 spiro atoms. The Morgan fingerprint density at radius 2 is 0.775 bits per heavy atom. The molecule has 4 atom stereocenters. The molecule has 20 nitrogen and oxygen atoms in total. The van der Waals surface area contributed by atoms with E-state index in [9.17, 15) is 48.3 Å². The van der Waals surface area contributed by atoms with Gasteiger partial charge in [-0.15, -0.1) is 0 Å². The van der Waals surface area contributed by atoms with Gasteiger partial charge in [0.15, 0.2) is 56.4 Å². The molecule has 7 aromatic carbocycles. The molecule has 9 heterocycles. The van der Waals surface area contributed by atoms with Crippen molar-refractivity contribution in [3.8, 4) is 5.75 Å². The largest absolute Gasteiger partial charge is 0.481 e. The Labute approximate surface area is 796 Å². The predicted molar refractivity (Wildman–Crippen MR) is 505 cm³/mol. The average molecular weight is 1930 g/mol. The summed E-state index contributed by atoms with van der Waals surface area (Å²) in [7, 11) is -3.10. The van der Waals surface area contributed by atoms with Crippen LogP contribution in [0, 0.1) is 35.1 Å². The van der Waals surface area contributed by atoms with Gasteiger partial charge in [0.2, 0.25) is 0 Å². The van der Waals surface area contributed by atoms with Gasteiger partial charge in [0.05, 0.1) is 78.7 Å². The zero-order valence-corrected chi connectivity index (χ0v) is 78.8. The molecule has 5 aliphatic rings. The molecule has 5 fully saturated rings. The summed E-state index contributed by atoms with van der Waals surface area (Å²) in [5, 5.41) is 8.90. The first-order chi connectivity index (χ1) is 65.9. The van der Waals surface area contributed by atoms with Gasteiger partial charge in [-0.3, -0.25) is 4.79 Å². The molecular formula is C105H114F12N14O6S. The van der Waals surface area contributed by atoms with E-state index in [0.717, 1.165) is 117 Å². The molecule has 12 aromatic rings. The van der Waals surface area contributed by atoms with Crippen LogP contribution in [0.15, 0.2) is 214 Å². The van der Waals surface area contributed by atoms with Gasteiger partial charge in [-0.25, -0.2) is 97.2 Å². The number of carbonyl (C=O) groups is 1. The molecule has 4 unspecified atom stereocenters. The van der Waals surface area contributed by atoms with Crippen LogP contribution in [0.2, 0.25) is 0 Å². The van der Waals surface area contributed by atoms with Gasteiger partial charge in [-0.05, 0) is 169 Å². The maximum Gasteiger partial charge on any atom is 0.394 e. The zero-order valence-electron chi connectivity index (χ0n) is 78.0. The van der Waals surface area contributed by atoms with E-state index in [1.54, 1.807) is 90.2 Å². The number of hydrogen-bond acceptors (Lipinski definition) is 18. The third-order valence-electron chi connectivity index (χ3n) is 26.0. The lowest BCUT2D eigenvalue weighted by molar-refractivity contribution is -0.159. The first-order valence-corrected chi connectivity index (χ1v) is 48.8. The summed E-state index contributed by atoms with van der Waals surface area (Å²) in [5.41, 5.74) is 10.4.